The van der Waals surface area contributed by atoms with Crippen LogP contribution in [0.2, 0.25) is 0 Å². The second kappa shape index (κ2) is 8.85. The Bertz CT molecular complexity index is 479. The number of aryl methyl sites for hydroxylation is 1. The Morgan fingerprint density at radius 3 is 2.43 bits per heavy atom. The molecule has 0 radical (unpaired) electrons. The van der Waals surface area contributed by atoms with E-state index >= 15 is 0 Å². The summed E-state index contributed by atoms with van der Waals surface area (Å²) in [7, 11) is 3.95. The fourth-order valence-corrected chi connectivity index (χ4v) is 2.43. The van der Waals surface area contributed by atoms with E-state index in [4.69, 9.17) is 0 Å². The maximum atomic E-state index is 11.6. The minimum absolute atomic E-state index is 0.166. The Balaban J connectivity index is 2.64. The van der Waals surface area contributed by atoms with Gasteiger partial charge in [0.1, 0.15) is 0 Å². The van der Waals surface area contributed by atoms with Crippen LogP contribution in [-0.4, -0.2) is 53.2 Å². The maximum Gasteiger partial charge on any atom is 0.223 e. The highest BCUT2D eigenvalue weighted by atomic mass is 16.3. The zero-order chi connectivity index (χ0) is 15.8. The molecule has 1 aromatic heterocycles. The fraction of sp³-hybridized carbons (Fsp3) is 0.688. The molecule has 0 spiro atoms. The average molecular weight is 295 g/mol. The van der Waals surface area contributed by atoms with Crippen LogP contribution in [0.4, 0.5) is 0 Å². The summed E-state index contributed by atoms with van der Waals surface area (Å²) in [4.78, 5) is 16.0. The Kier molecular flexibility index (Phi) is 7.47. The third kappa shape index (κ3) is 5.89. The third-order valence-corrected chi connectivity index (χ3v) is 3.69. The molecule has 0 atom stereocenters. The molecule has 0 saturated heterocycles. The molecule has 1 heterocycles. The molecule has 5 nitrogen and oxygen atoms in total. The summed E-state index contributed by atoms with van der Waals surface area (Å²) in [5.41, 5.74) is 0.650. The van der Waals surface area contributed by atoms with Gasteiger partial charge in [-0.3, -0.25) is 4.79 Å². The van der Waals surface area contributed by atoms with E-state index in [0.29, 0.717) is 6.54 Å². The summed E-state index contributed by atoms with van der Waals surface area (Å²) >= 11 is 0. The number of unbranched alkanes of at least 4 members (excludes halogenated alkanes) is 1. The van der Waals surface area contributed by atoms with E-state index in [1.807, 2.05) is 23.6 Å². The lowest BCUT2D eigenvalue weighted by Gasteiger charge is -2.19. The van der Waals surface area contributed by atoms with Gasteiger partial charge in [0.25, 0.3) is 0 Å². The first kappa shape index (κ1) is 17.7. The lowest BCUT2D eigenvalue weighted by atomic mass is 10.2. The normalized spacial score (nSPS) is 11.5. The van der Waals surface area contributed by atoms with Crippen LogP contribution >= 0.6 is 0 Å². The van der Waals surface area contributed by atoms with Crippen molar-refractivity contribution in [1.29, 1.82) is 0 Å². The standard InChI is InChI=1S/C16H29N3O2/c1-5-18(6-2)9-7-8-10-19-13-16(21)15(20)11-14(19)12-17(3)4/h11,13,21H,5-10,12H2,1-4H3. The van der Waals surface area contributed by atoms with Crippen LogP contribution in [0.3, 0.4) is 0 Å². The van der Waals surface area contributed by atoms with Crippen molar-refractivity contribution < 1.29 is 5.11 Å². The van der Waals surface area contributed by atoms with Crippen molar-refractivity contribution in [3.05, 3.63) is 28.2 Å². The zero-order valence-corrected chi connectivity index (χ0v) is 13.8. The number of aromatic hydroxyl groups is 1. The largest absolute Gasteiger partial charge is 0.503 e. The summed E-state index contributed by atoms with van der Waals surface area (Å²) in [6.07, 6.45) is 3.73. The van der Waals surface area contributed by atoms with E-state index in [0.717, 1.165) is 44.7 Å². The van der Waals surface area contributed by atoms with Gasteiger partial charge in [0.2, 0.25) is 5.43 Å². The first-order valence-electron chi connectivity index (χ1n) is 7.77. The van der Waals surface area contributed by atoms with Crippen molar-refractivity contribution in [2.45, 2.75) is 39.8 Å². The van der Waals surface area contributed by atoms with E-state index < -0.39 is 0 Å². The molecule has 1 rings (SSSR count). The van der Waals surface area contributed by atoms with E-state index in [-0.39, 0.29) is 11.2 Å². The van der Waals surface area contributed by atoms with Crippen molar-refractivity contribution >= 4 is 0 Å². The van der Waals surface area contributed by atoms with Crippen LogP contribution < -0.4 is 5.43 Å². The number of aromatic nitrogens is 1. The molecule has 1 N–H and O–H groups in total. The molecule has 0 saturated carbocycles. The molecule has 0 aliphatic carbocycles. The molecule has 0 amide bonds. The predicted molar refractivity (Wildman–Crippen MR) is 86.8 cm³/mol. The summed E-state index contributed by atoms with van der Waals surface area (Å²) < 4.78 is 2.00. The van der Waals surface area contributed by atoms with Crippen molar-refractivity contribution in [2.24, 2.45) is 0 Å². The van der Waals surface area contributed by atoms with Gasteiger partial charge >= 0.3 is 0 Å². The molecule has 0 aliphatic heterocycles. The Labute approximate surface area is 127 Å². The van der Waals surface area contributed by atoms with Gasteiger partial charge in [-0.15, -0.1) is 0 Å². The second-order valence-electron chi connectivity index (χ2n) is 5.68. The van der Waals surface area contributed by atoms with Crippen molar-refractivity contribution in [3.63, 3.8) is 0 Å². The number of pyridine rings is 1. The molecule has 5 heteroatoms. The van der Waals surface area contributed by atoms with Crippen molar-refractivity contribution in [3.8, 4) is 5.75 Å². The molecule has 1 aromatic rings. The Morgan fingerprint density at radius 2 is 1.86 bits per heavy atom. The van der Waals surface area contributed by atoms with Gasteiger partial charge in [0.05, 0.1) is 6.20 Å². The quantitative estimate of drug-likeness (QED) is 0.705. The van der Waals surface area contributed by atoms with Crippen LogP contribution in [0.5, 0.6) is 5.75 Å². The smallest absolute Gasteiger partial charge is 0.223 e. The predicted octanol–water partition coefficient (Wildman–Crippen LogP) is 1.74. The molecule has 21 heavy (non-hydrogen) atoms. The van der Waals surface area contributed by atoms with Gasteiger partial charge in [-0.2, -0.15) is 0 Å². The first-order valence-corrected chi connectivity index (χ1v) is 7.77. The lowest BCUT2D eigenvalue weighted by Crippen LogP contribution is -2.24. The van der Waals surface area contributed by atoms with Crippen molar-refractivity contribution in [1.82, 2.24) is 14.4 Å². The molecular weight excluding hydrogens is 266 g/mol. The van der Waals surface area contributed by atoms with Gasteiger partial charge in [-0.05, 0) is 46.6 Å². The fourth-order valence-electron chi connectivity index (χ4n) is 2.43. The number of hydrogen-bond acceptors (Lipinski definition) is 4. The summed E-state index contributed by atoms with van der Waals surface area (Å²) in [6.45, 7) is 9.16. The SMILES string of the molecule is CCN(CC)CCCCn1cc(O)c(=O)cc1CN(C)C. The topological polar surface area (TPSA) is 48.7 Å². The van der Waals surface area contributed by atoms with E-state index in [2.05, 4.69) is 18.7 Å². The molecule has 0 unspecified atom stereocenters. The van der Waals surface area contributed by atoms with Gasteiger partial charge in [0, 0.05) is 24.8 Å². The van der Waals surface area contributed by atoms with Gasteiger partial charge < -0.3 is 19.5 Å². The monoisotopic (exact) mass is 295 g/mol. The highest BCUT2D eigenvalue weighted by Crippen LogP contribution is 2.09. The van der Waals surface area contributed by atoms with E-state index in [1.54, 1.807) is 12.3 Å². The van der Waals surface area contributed by atoms with Crippen LogP contribution in [0.1, 0.15) is 32.4 Å². The Morgan fingerprint density at radius 1 is 1.19 bits per heavy atom. The van der Waals surface area contributed by atoms with Crippen LogP contribution in [-0.2, 0) is 13.1 Å². The minimum atomic E-state index is -0.300. The second-order valence-corrected chi connectivity index (χ2v) is 5.68. The van der Waals surface area contributed by atoms with Gasteiger partial charge in [-0.25, -0.2) is 0 Å². The van der Waals surface area contributed by atoms with Gasteiger partial charge in [0.15, 0.2) is 5.75 Å². The number of nitrogens with zero attached hydrogens (tertiary/aromatic N) is 3. The third-order valence-electron chi connectivity index (χ3n) is 3.69. The Hall–Kier alpha value is -1.33. The van der Waals surface area contributed by atoms with Crippen LogP contribution in [0.25, 0.3) is 0 Å². The van der Waals surface area contributed by atoms with Crippen LogP contribution in [0, 0.1) is 0 Å². The maximum absolute atomic E-state index is 11.6. The van der Waals surface area contributed by atoms with E-state index in [9.17, 15) is 9.90 Å². The highest BCUT2D eigenvalue weighted by molar-refractivity contribution is 5.20. The highest BCUT2D eigenvalue weighted by Gasteiger charge is 2.07. The average Bonchev–Trinajstić information content (AvgIpc) is 2.43. The van der Waals surface area contributed by atoms with E-state index in [1.165, 1.54) is 0 Å². The molecule has 0 aromatic carbocycles. The molecule has 0 bridgehead atoms. The number of hydrogen-bond donors (Lipinski definition) is 1. The number of rotatable bonds is 9. The molecule has 120 valence electrons. The molecule has 0 fully saturated rings. The lowest BCUT2D eigenvalue weighted by molar-refractivity contribution is 0.293. The summed E-state index contributed by atoms with van der Waals surface area (Å²) in [5.74, 6) is -0.166. The van der Waals surface area contributed by atoms with Crippen molar-refractivity contribution in [2.75, 3.05) is 33.7 Å². The minimum Gasteiger partial charge on any atom is -0.503 e. The molecular formula is C16H29N3O2. The summed E-state index contributed by atoms with van der Waals surface area (Å²) in [5, 5.41) is 9.62. The van der Waals surface area contributed by atoms with Crippen LogP contribution in [0.15, 0.2) is 17.1 Å². The molecule has 0 aliphatic rings. The summed E-state index contributed by atoms with van der Waals surface area (Å²) in [6, 6.07) is 1.54. The van der Waals surface area contributed by atoms with Gasteiger partial charge in [-0.1, -0.05) is 13.8 Å². The first-order chi connectivity index (χ1) is 9.97. The zero-order valence-electron chi connectivity index (χ0n) is 13.8.